The van der Waals surface area contributed by atoms with Crippen LogP contribution in [0, 0.1) is 11.3 Å². The number of hydrogen-bond acceptors (Lipinski definition) is 3. The van der Waals surface area contributed by atoms with Crippen LogP contribution >= 0.6 is 0 Å². The highest BCUT2D eigenvalue weighted by Gasteiger charge is 2.32. The molecule has 1 heterocycles. The molecule has 130 valence electrons. The third kappa shape index (κ3) is 3.71. The van der Waals surface area contributed by atoms with E-state index in [-0.39, 0.29) is 23.8 Å². The lowest BCUT2D eigenvalue weighted by Gasteiger charge is -2.39. The number of para-hydroxylation sites is 2. The van der Waals surface area contributed by atoms with Crippen LogP contribution in [-0.2, 0) is 11.3 Å². The first-order chi connectivity index (χ1) is 11.3. The molecule has 2 aromatic rings. The van der Waals surface area contributed by atoms with E-state index in [4.69, 9.17) is 4.42 Å². The third-order valence-electron chi connectivity index (χ3n) is 4.89. The van der Waals surface area contributed by atoms with Crippen molar-refractivity contribution in [2.75, 3.05) is 0 Å². The average molecular weight is 330 g/mol. The number of hydrogen-bond donors (Lipinski definition) is 1. The third-order valence-corrected chi connectivity index (χ3v) is 4.89. The lowest BCUT2D eigenvalue weighted by Crippen LogP contribution is -2.43. The average Bonchev–Trinajstić information content (AvgIpc) is 2.78. The van der Waals surface area contributed by atoms with Crippen LogP contribution in [0.2, 0.25) is 0 Å². The molecule has 1 aliphatic carbocycles. The fourth-order valence-corrected chi connectivity index (χ4v) is 4.19. The van der Waals surface area contributed by atoms with E-state index in [1.807, 2.05) is 18.2 Å². The number of amides is 1. The van der Waals surface area contributed by atoms with Gasteiger partial charge in [-0.15, -0.1) is 0 Å². The number of nitrogens with zero attached hydrogens (tertiary/aromatic N) is 1. The number of aromatic nitrogens is 1. The summed E-state index contributed by atoms with van der Waals surface area (Å²) in [7, 11) is 0. The van der Waals surface area contributed by atoms with Crippen molar-refractivity contribution in [2.45, 2.75) is 59.0 Å². The summed E-state index contributed by atoms with van der Waals surface area (Å²) in [6.07, 6.45) is 3.53. The molecule has 0 aliphatic heterocycles. The van der Waals surface area contributed by atoms with Crippen LogP contribution < -0.4 is 11.1 Å². The van der Waals surface area contributed by atoms with Crippen molar-refractivity contribution < 1.29 is 9.21 Å². The number of oxazole rings is 1. The largest absolute Gasteiger partial charge is 0.419 e. The van der Waals surface area contributed by atoms with Gasteiger partial charge in [0.15, 0.2) is 5.58 Å². The molecule has 1 saturated carbocycles. The summed E-state index contributed by atoms with van der Waals surface area (Å²) in [5, 5.41) is 3.15. The van der Waals surface area contributed by atoms with Gasteiger partial charge < -0.3 is 9.73 Å². The molecule has 0 unspecified atom stereocenters. The maximum atomic E-state index is 12.3. The quantitative estimate of drug-likeness (QED) is 0.935. The molecule has 24 heavy (non-hydrogen) atoms. The van der Waals surface area contributed by atoms with Crippen molar-refractivity contribution in [3.05, 3.63) is 34.8 Å². The van der Waals surface area contributed by atoms with Crippen LogP contribution in [0.3, 0.4) is 0 Å². The summed E-state index contributed by atoms with van der Waals surface area (Å²) in [5.41, 5.74) is 1.57. The molecule has 1 aliphatic rings. The topological polar surface area (TPSA) is 64.2 Å². The first kappa shape index (κ1) is 16.8. The van der Waals surface area contributed by atoms with E-state index in [0.29, 0.717) is 18.0 Å². The van der Waals surface area contributed by atoms with Gasteiger partial charge in [-0.3, -0.25) is 9.36 Å². The second-order valence-electron chi connectivity index (χ2n) is 7.92. The molecule has 5 heteroatoms. The monoisotopic (exact) mass is 330 g/mol. The Hall–Kier alpha value is -2.04. The van der Waals surface area contributed by atoms with Crippen molar-refractivity contribution in [1.29, 1.82) is 0 Å². The summed E-state index contributed by atoms with van der Waals surface area (Å²) in [5.74, 6) is 0.220. The Kier molecular flexibility index (Phi) is 4.52. The molecule has 1 N–H and O–H groups in total. The van der Waals surface area contributed by atoms with Crippen molar-refractivity contribution >= 4 is 17.0 Å². The van der Waals surface area contributed by atoms with Gasteiger partial charge >= 0.3 is 5.76 Å². The van der Waals surface area contributed by atoms with Gasteiger partial charge in [0.25, 0.3) is 0 Å². The Morgan fingerprint density at radius 1 is 1.33 bits per heavy atom. The van der Waals surface area contributed by atoms with Crippen LogP contribution in [0.1, 0.15) is 46.5 Å². The van der Waals surface area contributed by atoms with Gasteiger partial charge in [0, 0.05) is 19.0 Å². The number of rotatable bonds is 4. The van der Waals surface area contributed by atoms with Gasteiger partial charge in [-0.05, 0) is 42.7 Å². The minimum absolute atomic E-state index is 0.00193. The molecular weight excluding hydrogens is 304 g/mol. The van der Waals surface area contributed by atoms with Gasteiger partial charge in [-0.2, -0.15) is 0 Å². The molecule has 0 saturated heterocycles. The number of carbonyl (C=O) groups is 1. The van der Waals surface area contributed by atoms with E-state index < -0.39 is 5.76 Å². The molecule has 3 rings (SSSR count). The van der Waals surface area contributed by atoms with E-state index >= 15 is 0 Å². The lowest BCUT2D eigenvalue weighted by molar-refractivity contribution is -0.122. The SMILES string of the molecule is C[C@H]1C[C@H](NC(=O)CCn2c(=O)oc3ccccc32)CC(C)(C)C1. The Balaban J connectivity index is 1.61. The van der Waals surface area contributed by atoms with Gasteiger partial charge in [-0.1, -0.05) is 32.9 Å². The lowest BCUT2D eigenvalue weighted by atomic mass is 9.70. The number of benzene rings is 1. The minimum Gasteiger partial charge on any atom is -0.408 e. The van der Waals surface area contributed by atoms with E-state index in [2.05, 4.69) is 26.1 Å². The highest BCUT2D eigenvalue weighted by atomic mass is 16.4. The summed E-state index contributed by atoms with van der Waals surface area (Å²) >= 11 is 0. The molecular formula is C19H26N2O3. The van der Waals surface area contributed by atoms with Crippen LogP contribution in [0.15, 0.2) is 33.5 Å². The van der Waals surface area contributed by atoms with E-state index in [1.165, 1.54) is 11.0 Å². The standard InChI is InChI=1S/C19H26N2O3/c1-13-10-14(12-19(2,3)11-13)20-17(22)8-9-21-15-6-4-5-7-16(15)24-18(21)23/h4-7,13-14H,8-12H2,1-3H3,(H,20,22)/t13-,14-/m0/s1. The molecule has 0 radical (unpaired) electrons. The molecule has 1 amide bonds. The zero-order valence-electron chi connectivity index (χ0n) is 14.7. The fourth-order valence-electron chi connectivity index (χ4n) is 4.19. The Morgan fingerprint density at radius 3 is 2.83 bits per heavy atom. The second-order valence-corrected chi connectivity index (χ2v) is 7.92. The maximum Gasteiger partial charge on any atom is 0.419 e. The summed E-state index contributed by atoms with van der Waals surface area (Å²) < 4.78 is 6.73. The van der Waals surface area contributed by atoms with Crippen LogP contribution in [0.5, 0.6) is 0 Å². The summed E-state index contributed by atoms with van der Waals surface area (Å²) in [6.45, 7) is 7.11. The molecule has 5 nitrogen and oxygen atoms in total. The molecule has 1 fully saturated rings. The predicted molar refractivity (Wildman–Crippen MR) is 93.8 cm³/mol. The summed E-state index contributed by atoms with van der Waals surface area (Å²) in [6, 6.07) is 7.52. The fraction of sp³-hybridized carbons (Fsp3) is 0.579. The Labute approximate surface area is 142 Å². The number of aryl methyl sites for hydroxylation is 1. The normalized spacial score (nSPS) is 23.3. The first-order valence-corrected chi connectivity index (χ1v) is 8.72. The Morgan fingerprint density at radius 2 is 2.08 bits per heavy atom. The van der Waals surface area contributed by atoms with Crippen molar-refractivity contribution in [3.8, 4) is 0 Å². The minimum atomic E-state index is -0.406. The van der Waals surface area contributed by atoms with Crippen molar-refractivity contribution in [1.82, 2.24) is 9.88 Å². The predicted octanol–water partition coefficient (Wildman–Crippen LogP) is 3.32. The zero-order chi connectivity index (χ0) is 17.3. The van der Waals surface area contributed by atoms with Crippen molar-refractivity contribution in [3.63, 3.8) is 0 Å². The molecule has 0 spiro atoms. The summed E-state index contributed by atoms with van der Waals surface area (Å²) in [4.78, 5) is 24.2. The molecule has 1 aromatic carbocycles. The molecule has 0 bridgehead atoms. The Bertz CT molecular complexity index is 787. The van der Waals surface area contributed by atoms with Gasteiger partial charge in [-0.25, -0.2) is 4.79 Å². The highest BCUT2D eigenvalue weighted by Crippen LogP contribution is 2.38. The van der Waals surface area contributed by atoms with Crippen LogP contribution in [0.4, 0.5) is 0 Å². The smallest absolute Gasteiger partial charge is 0.408 e. The van der Waals surface area contributed by atoms with E-state index in [0.717, 1.165) is 18.4 Å². The first-order valence-electron chi connectivity index (χ1n) is 8.72. The number of fused-ring (bicyclic) bond motifs is 1. The maximum absolute atomic E-state index is 12.3. The number of nitrogens with one attached hydrogen (secondary N) is 1. The van der Waals surface area contributed by atoms with Crippen molar-refractivity contribution in [2.24, 2.45) is 11.3 Å². The van der Waals surface area contributed by atoms with Gasteiger partial charge in [0.1, 0.15) is 0 Å². The van der Waals surface area contributed by atoms with Crippen LogP contribution in [0.25, 0.3) is 11.1 Å². The zero-order valence-corrected chi connectivity index (χ0v) is 14.7. The van der Waals surface area contributed by atoms with E-state index in [1.54, 1.807) is 6.07 Å². The molecule has 1 aromatic heterocycles. The van der Waals surface area contributed by atoms with E-state index in [9.17, 15) is 9.59 Å². The van der Waals surface area contributed by atoms with Crippen LogP contribution in [-0.4, -0.2) is 16.5 Å². The highest BCUT2D eigenvalue weighted by molar-refractivity contribution is 5.77. The number of carbonyl (C=O) groups excluding carboxylic acids is 1. The van der Waals surface area contributed by atoms with Gasteiger partial charge in [0.05, 0.1) is 5.52 Å². The van der Waals surface area contributed by atoms with Gasteiger partial charge in [0.2, 0.25) is 5.91 Å². The second kappa shape index (κ2) is 6.46. The molecule has 2 atom stereocenters.